The number of hydrogen-bond acceptors (Lipinski definition) is 4. The molecule has 0 spiro atoms. The van der Waals surface area contributed by atoms with Crippen molar-refractivity contribution in [3.8, 4) is 5.75 Å². The maximum absolute atomic E-state index is 13.3. The van der Waals surface area contributed by atoms with E-state index < -0.39 is 6.17 Å². The molecule has 0 saturated heterocycles. The Balaban J connectivity index is 1.90. The molecule has 0 radical (unpaired) electrons. The van der Waals surface area contributed by atoms with Crippen molar-refractivity contribution >= 4 is 17.4 Å². The average molecular weight is 324 g/mol. The SMILES string of the molecule is Cc1ccc(OCCNc2ncnc(C(C)F)c2Cl)c(C)c1. The molecule has 6 heteroatoms. The van der Waals surface area contributed by atoms with Gasteiger partial charge < -0.3 is 10.1 Å². The summed E-state index contributed by atoms with van der Waals surface area (Å²) in [7, 11) is 0. The largest absolute Gasteiger partial charge is 0.491 e. The molecule has 0 aliphatic heterocycles. The normalized spacial score (nSPS) is 12.0. The number of ether oxygens (including phenoxy) is 1. The molecular formula is C16H19ClFN3O. The van der Waals surface area contributed by atoms with Crippen LogP contribution in [-0.2, 0) is 0 Å². The monoisotopic (exact) mass is 323 g/mol. The van der Waals surface area contributed by atoms with Crippen molar-refractivity contribution < 1.29 is 9.13 Å². The highest BCUT2D eigenvalue weighted by atomic mass is 35.5. The first kappa shape index (κ1) is 16.5. The van der Waals surface area contributed by atoms with E-state index >= 15 is 0 Å². The number of nitrogens with one attached hydrogen (secondary N) is 1. The number of alkyl halides is 1. The molecule has 1 aromatic carbocycles. The molecule has 0 bridgehead atoms. The first-order valence-corrected chi connectivity index (χ1v) is 7.45. The molecule has 1 N–H and O–H groups in total. The maximum Gasteiger partial charge on any atom is 0.148 e. The molecule has 1 heterocycles. The Bertz CT molecular complexity index is 649. The molecule has 1 unspecified atom stereocenters. The van der Waals surface area contributed by atoms with Gasteiger partial charge in [0.05, 0.1) is 12.2 Å². The number of rotatable bonds is 6. The molecule has 118 valence electrons. The van der Waals surface area contributed by atoms with Crippen molar-refractivity contribution in [3.63, 3.8) is 0 Å². The minimum Gasteiger partial charge on any atom is -0.491 e. The van der Waals surface area contributed by atoms with Crippen LogP contribution in [0.5, 0.6) is 5.75 Å². The summed E-state index contributed by atoms with van der Waals surface area (Å²) in [6, 6.07) is 6.02. The summed E-state index contributed by atoms with van der Waals surface area (Å²) in [5.41, 5.74) is 2.48. The van der Waals surface area contributed by atoms with Crippen LogP contribution in [0.4, 0.5) is 10.2 Å². The second kappa shape index (κ2) is 7.40. The van der Waals surface area contributed by atoms with Crippen LogP contribution < -0.4 is 10.1 Å². The fraction of sp³-hybridized carbons (Fsp3) is 0.375. The second-order valence-corrected chi connectivity index (χ2v) is 5.46. The van der Waals surface area contributed by atoms with E-state index in [2.05, 4.69) is 21.4 Å². The molecule has 4 nitrogen and oxygen atoms in total. The summed E-state index contributed by atoms with van der Waals surface area (Å²) < 4.78 is 19.0. The summed E-state index contributed by atoms with van der Waals surface area (Å²) in [5.74, 6) is 1.26. The third-order valence-electron chi connectivity index (χ3n) is 3.18. The van der Waals surface area contributed by atoms with Crippen molar-refractivity contribution in [1.29, 1.82) is 0 Å². The van der Waals surface area contributed by atoms with Crippen LogP contribution in [0.3, 0.4) is 0 Å². The minimum absolute atomic E-state index is 0.189. The molecule has 2 aromatic rings. The van der Waals surface area contributed by atoms with Crippen molar-refractivity contribution in [1.82, 2.24) is 9.97 Å². The average Bonchev–Trinajstić information content (AvgIpc) is 2.46. The molecule has 22 heavy (non-hydrogen) atoms. The first-order chi connectivity index (χ1) is 10.5. The third-order valence-corrected chi connectivity index (χ3v) is 3.55. The zero-order valence-corrected chi connectivity index (χ0v) is 13.6. The molecule has 1 atom stereocenters. The van der Waals surface area contributed by atoms with Gasteiger partial charge in [-0.2, -0.15) is 0 Å². The fourth-order valence-corrected chi connectivity index (χ4v) is 2.39. The highest BCUT2D eigenvalue weighted by molar-refractivity contribution is 6.33. The van der Waals surface area contributed by atoms with Crippen LogP contribution >= 0.6 is 11.6 Å². The molecule has 0 aliphatic rings. The van der Waals surface area contributed by atoms with Crippen molar-refractivity contribution in [2.75, 3.05) is 18.5 Å². The zero-order chi connectivity index (χ0) is 16.1. The Morgan fingerprint density at radius 2 is 2.09 bits per heavy atom. The van der Waals surface area contributed by atoms with E-state index in [4.69, 9.17) is 16.3 Å². The van der Waals surface area contributed by atoms with Gasteiger partial charge in [0, 0.05) is 0 Å². The van der Waals surface area contributed by atoms with Gasteiger partial charge in [-0.15, -0.1) is 0 Å². The summed E-state index contributed by atoms with van der Waals surface area (Å²) in [5, 5.41) is 3.25. The molecule has 0 saturated carbocycles. The Labute approximate surface area is 134 Å². The van der Waals surface area contributed by atoms with Crippen LogP contribution in [-0.4, -0.2) is 23.1 Å². The highest BCUT2D eigenvalue weighted by Gasteiger charge is 2.14. The number of halogens is 2. The number of hydrogen-bond donors (Lipinski definition) is 1. The molecule has 2 rings (SSSR count). The predicted molar refractivity (Wildman–Crippen MR) is 86.5 cm³/mol. The van der Waals surface area contributed by atoms with Gasteiger partial charge in [-0.3, -0.25) is 0 Å². The lowest BCUT2D eigenvalue weighted by Crippen LogP contribution is -2.14. The van der Waals surface area contributed by atoms with Gasteiger partial charge in [0.2, 0.25) is 0 Å². The van der Waals surface area contributed by atoms with E-state index in [9.17, 15) is 4.39 Å². The van der Waals surface area contributed by atoms with E-state index in [0.29, 0.717) is 19.0 Å². The Morgan fingerprint density at radius 1 is 1.32 bits per heavy atom. The number of aromatic nitrogens is 2. The van der Waals surface area contributed by atoms with Crippen LogP contribution in [0.25, 0.3) is 0 Å². The van der Waals surface area contributed by atoms with E-state index in [1.54, 1.807) is 0 Å². The molecule has 0 fully saturated rings. The van der Waals surface area contributed by atoms with Crippen LogP contribution in [0, 0.1) is 13.8 Å². The fourth-order valence-electron chi connectivity index (χ4n) is 2.08. The van der Waals surface area contributed by atoms with Crippen molar-refractivity contribution in [3.05, 3.63) is 46.4 Å². The predicted octanol–water partition coefficient (Wildman–Crippen LogP) is 4.27. The van der Waals surface area contributed by atoms with Gasteiger partial charge in [-0.05, 0) is 32.4 Å². The van der Waals surface area contributed by atoms with Gasteiger partial charge in [0.1, 0.15) is 35.7 Å². The lowest BCUT2D eigenvalue weighted by molar-refractivity contribution is 0.330. The standard InChI is InChI=1S/C16H19ClFN3O/c1-10-4-5-13(11(2)8-10)22-7-6-19-16-14(17)15(12(3)18)20-9-21-16/h4-5,8-9,12H,6-7H2,1-3H3,(H,19,20,21). The van der Waals surface area contributed by atoms with E-state index in [0.717, 1.165) is 11.3 Å². The smallest absolute Gasteiger partial charge is 0.148 e. The topological polar surface area (TPSA) is 47.0 Å². The minimum atomic E-state index is -1.23. The first-order valence-electron chi connectivity index (χ1n) is 7.07. The molecule has 0 aliphatic carbocycles. The quantitative estimate of drug-likeness (QED) is 0.806. The number of nitrogens with zero attached hydrogens (tertiary/aromatic N) is 2. The van der Waals surface area contributed by atoms with Crippen LogP contribution in [0.2, 0.25) is 5.02 Å². The van der Waals surface area contributed by atoms with Crippen molar-refractivity contribution in [2.24, 2.45) is 0 Å². The Hall–Kier alpha value is -1.88. The lowest BCUT2D eigenvalue weighted by atomic mass is 10.1. The van der Waals surface area contributed by atoms with Crippen LogP contribution in [0.1, 0.15) is 29.9 Å². The third kappa shape index (κ3) is 4.07. The highest BCUT2D eigenvalue weighted by Crippen LogP contribution is 2.28. The number of aryl methyl sites for hydroxylation is 2. The summed E-state index contributed by atoms with van der Waals surface area (Å²) >= 11 is 6.07. The lowest BCUT2D eigenvalue weighted by Gasteiger charge is -2.12. The summed E-state index contributed by atoms with van der Waals surface area (Å²) in [6.07, 6.45) is 0.0624. The summed E-state index contributed by atoms with van der Waals surface area (Å²) in [4.78, 5) is 7.86. The van der Waals surface area contributed by atoms with Gasteiger partial charge in [0.25, 0.3) is 0 Å². The van der Waals surface area contributed by atoms with Crippen LogP contribution in [0.15, 0.2) is 24.5 Å². The zero-order valence-electron chi connectivity index (χ0n) is 12.9. The van der Waals surface area contributed by atoms with E-state index in [-0.39, 0.29) is 10.7 Å². The second-order valence-electron chi connectivity index (χ2n) is 5.08. The Kier molecular flexibility index (Phi) is 5.55. The van der Waals surface area contributed by atoms with Crippen molar-refractivity contribution in [2.45, 2.75) is 26.9 Å². The number of anilines is 1. The maximum atomic E-state index is 13.3. The van der Waals surface area contributed by atoms with Gasteiger partial charge in [-0.1, -0.05) is 29.3 Å². The molecule has 1 aromatic heterocycles. The van der Waals surface area contributed by atoms with E-state index in [1.807, 2.05) is 26.0 Å². The van der Waals surface area contributed by atoms with E-state index in [1.165, 1.54) is 18.8 Å². The van der Waals surface area contributed by atoms with Gasteiger partial charge in [0.15, 0.2) is 0 Å². The molecule has 0 amide bonds. The Morgan fingerprint density at radius 3 is 2.77 bits per heavy atom. The number of benzene rings is 1. The molecular weight excluding hydrogens is 305 g/mol. The van der Waals surface area contributed by atoms with Gasteiger partial charge in [-0.25, -0.2) is 14.4 Å². The summed E-state index contributed by atoms with van der Waals surface area (Å²) in [6.45, 7) is 6.39. The van der Waals surface area contributed by atoms with Gasteiger partial charge >= 0.3 is 0 Å².